The molecule has 2 amide bonds. The molecule has 0 bridgehead atoms. The highest BCUT2D eigenvalue weighted by atomic mass is 79.9. The number of ether oxygens (including phenoxy) is 1. The van der Waals surface area contributed by atoms with Gasteiger partial charge in [-0.2, -0.15) is 0 Å². The zero-order chi connectivity index (χ0) is 18.3. The van der Waals surface area contributed by atoms with Gasteiger partial charge in [-0.25, -0.2) is 4.79 Å². The van der Waals surface area contributed by atoms with Crippen molar-refractivity contribution < 1.29 is 14.3 Å². The smallest absolute Gasteiger partial charge is 0.407 e. The molecular weight excluding hydrogens is 374 g/mol. The first-order chi connectivity index (χ1) is 11.1. The number of amides is 2. The lowest BCUT2D eigenvalue weighted by atomic mass is 10.1. The Labute approximate surface area is 152 Å². The minimum absolute atomic E-state index is 0.0417. The maximum absolute atomic E-state index is 12.2. The second kappa shape index (κ2) is 9.03. The fraction of sp³-hybridized carbons (Fsp3) is 0.529. The molecule has 0 atom stereocenters. The molecule has 1 aromatic carbocycles. The Hall–Kier alpha value is -1.60. The van der Waals surface area contributed by atoms with E-state index in [9.17, 15) is 9.59 Å². The molecule has 0 saturated heterocycles. The molecule has 0 saturated carbocycles. The molecule has 0 aliphatic rings. The summed E-state index contributed by atoms with van der Waals surface area (Å²) >= 11 is 3.39. The van der Waals surface area contributed by atoms with Crippen LogP contribution in [0.2, 0.25) is 0 Å². The summed E-state index contributed by atoms with van der Waals surface area (Å²) in [5.74, 6) is -0.0417. The molecule has 0 heterocycles. The van der Waals surface area contributed by atoms with Crippen molar-refractivity contribution in [3.63, 3.8) is 0 Å². The summed E-state index contributed by atoms with van der Waals surface area (Å²) in [6, 6.07) is 5.63. The largest absolute Gasteiger partial charge is 0.444 e. The van der Waals surface area contributed by atoms with Crippen LogP contribution in [0.3, 0.4) is 0 Å². The summed E-state index contributed by atoms with van der Waals surface area (Å²) in [5.41, 5.74) is 1.06. The van der Waals surface area contributed by atoms with Crippen LogP contribution in [0.4, 0.5) is 4.79 Å². The molecule has 1 aromatic rings. The fourth-order valence-corrected chi connectivity index (χ4v) is 2.29. The van der Waals surface area contributed by atoms with Crippen LogP contribution in [0.15, 0.2) is 22.7 Å². The predicted molar refractivity (Wildman–Crippen MR) is 98.1 cm³/mol. The van der Waals surface area contributed by atoms with Gasteiger partial charge in [-0.15, -0.1) is 0 Å². The number of rotatable bonds is 6. The quantitative estimate of drug-likeness (QED) is 0.721. The number of carbonyl (C=O) groups is 2. The third kappa shape index (κ3) is 7.31. The maximum atomic E-state index is 12.2. The second-order valence-corrected chi connectivity index (χ2v) is 7.52. The third-order valence-corrected chi connectivity index (χ3v) is 3.49. The molecule has 7 heteroatoms. The van der Waals surface area contributed by atoms with E-state index in [1.54, 1.807) is 19.0 Å². The highest BCUT2D eigenvalue weighted by Crippen LogP contribution is 2.18. The van der Waals surface area contributed by atoms with E-state index in [1.165, 1.54) is 0 Å². The first-order valence-corrected chi connectivity index (χ1v) is 8.57. The first kappa shape index (κ1) is 20.4. The Bertz CT molecular complexity index is 583. The van der Waals surface area contributed by atoms with Gasteiger partial charge in [0, 0.05) is 43.8 Å². The van der Waals surface area contributed by atoms with Crippen molar-refractivity contribution in [2.24, 2.45) is 0 Å². The summed E-state index contributed by atoms with van der Waals surface area (Å²) < 4.78 is 6.02. The average molecular weight is 400 g/mol. The van der Waals surface area contributed by atoms with E-state index < -0.39 is 11.7 Å². The topological polar surface area (TPSA) is 70.7 Å². The Morgan fingerprint density at radius 3 is 2.46 bits per heavy atom. The van der Waals surface area contributed by atoms with Gasteiger partial charge in [0.2, 0.25) is 0 Å². The standard InChI is InChI=1S/C17H26BrN3O3/c1-17(2,3)24-16(23)20-9-8-19-11-12-6-7-13(18)10-14(12)15(22)21(4)5/h6-7,10,19H,8-9,11H2,1-5H3,(H,20,23). The number of halogens is 1. The Kier molecular flexibility index (Phi) is 7.69. The molecule has 0 unspecified atom stereocenters. The molecular formula is C17H26BrN3O3. The molecule has 1 rings (SSSR count). The van der Waals surface area contributed by atoms with E-state index in [4.69, 9.17) is 4.74 Å². The molecule has 0 radical (unpaired) electrons. The van der Waals surface area contributed by atoms with Crippen LogP contribution < -0.4 is 10.6 Å². The van der Waals surface area contributed by atoms with Crippen LogP contribution in [0.5, 0.6) is 0 Å². The molecule has 0 aromatic heterocycles. The van der Waals surface area contributed by atoms with E-state index in [0.29, 0.717) is 25.2 Å². The zero-order valence-corrected chi connectivity index (χ0v) is 16.5. The van der Waals surface area contributed by atoms with Crippen molar-refractivity contribution in [2.45, 2.75) is 32.9 Å². The summed E-state index contributed by atoms with van der Waals surface area (Å²) in [6.45, 7) is 7.02. The summed E-state index contributed by atoms with van der Waals surface area (Å²) in [7, 11) is 3.45. The van der Waals surface area contributed by atoms with Crippen LogP contribution in [0.25, 0.3) is 0 Å². The van der Waals surface area contributed by atoms with E-state index in [2.05, 4.69) is 26.6 Å². The predicted octanol–water partition coefficient (Wildman–Crippen LogP) is 2.77. The number of carbonyl (C=O) groups excluding carboxylic acids is 2. The lowest BCUT2D eigenvalue weighted by molar-refractivity contribution is 0.0528. The van der Waals surface area contributed by atoms with E-state index in [1.807, 2.05) is 39.0 Å². The average Bonchev–Trinajstić information content (AvgIpc) is 2.45. The van der Waals surface area contributed by atoms with Crippen molar-refractivity contribution >= 4 is 27.9 Å². The lowest BCUT2D eigenvalue weighted by Gasteiger charge is -2.19. The molecule has 24 heavy (non-hydrogen) atoms. The van der Waals surface area contributed by atoms with E-state index in [0.717, 1.165) is 10.0 Å². The molecule has 134 valence electrons. The number of hydrogen-bond acceptors (Lipinski definition) is 4. The van der Waals surface area contributed by atoms with Gasteiger partial charge in [0.05, 0.1) is 0 Å². The van der Waals surface area contributed by atoms with Gasteiger partial charge >= 0.3 is 6.09 Å². The van der Waals surface area contributed by atoms with Crippen molar-refractivity contribution in [3.05, 3.63) is 33.8 Å². The molecule has 0 aliphatic carbocycles. The Morgan fingerprint density at radius 1 is 1.21 bits per heavy atom. The van der Waals surface area contributed by atoms with Crippen LogP contribution >= 0.6 is 15.9 Å². The fourth-order valence-electron chi connectivity index (χ4n) is 1.93. The zero-order valence-electron chi connectivity index (χ0n) is 14.9. The van der Waals surface area contributed by atoms with Crippen LogP contribution in [0, 0.1) is 0 Å². The van der Waals surface area contributed by atoms with Crippen LogP contribution in [-0.4, -0.2) is 49.7 Å². The highest BCUT2D eigenvalue weighted by molar-refractivity contribution is 9.10. The molecule has 0 aliphatic heterocycles. The Balaban J connectivity index is 2.48. The van der Waals surface area contributed by atoms with Gasteiger partial charge in [-0.1, -0.05) is 22.0 Å². The van der Waals surface area contributed by atoms with Gasteiger partial charge in [0.15, 0.2) is 0 Å². The number of alkyl carbamates (subject to hydrolysis) is 1. The SMILES string of the molecule is CN(C)C(=O)c1cc(Br)ccc1CNCCNC(=O)OC(C)(C)C. The molecule has 2 N–H and O–H groups in total. The number of hydrogen-bond donors (Lipinski definition) is 2. The summed E-state index contributed by atoms with van der Waals surface area (Å²) in [4.78, 5) is 25.3. The second-order valence-electron chi connectivity index (χ2n) is 6.61. The maximum Gasteiger partial charge on any atom is 0.407 e. The highest BCUT2D eigenvalue weighted by Gasteiger charge is 2.16. The van der Waals surface area contributed by atoms with Gasteiger partial charge in [0.25, 0.3) is 5.91 Å². The third-order valence-electron chi connectivity index (χ3n) is 2.99. The van der Waals surface area contributed by atoms with Gasteiger partial charge in [-0.3, -0.25) is 4.79 Å². The van der Waals surface area contributed by atoms with Crippen molar-refractivity contribution in [1.82, 2.24) is 15.5 Å². The Morgan fingerprint density at radius 2 is 1.88 bits per heavy atom. The molecule has 0 fully saturated rings. The minimum atomic E-state index is -0.504. The van der Waals surface area contributed by atoms with Gasteiger partial charge in [0.1, 0.15) is 5.60 Å². The van der Waals surface area contributed by atoms with Crippen LogP contribution in [-0.2, 0) is 11.3 Å². The normalized spacial score (nSPS) is 11.1. The number of nitrogens with zero attached hydrogens (tertiary/aromatic N) is 1. The van der Waals surface area contributed by atoms with Crippen molar-refractivity contribution in [2.75, 3.05) is 27.2 Å². The number of nitrogens with one attached hydrogen (secondary N) is 2. The van der Waals surface area contributed by atoms with Gasteiger partial charge < -0.3 is 20.3 Å². The summed E-state index contributed by atoms with van der Waals surface area (Å²) in [6.07, 6.45) is -0.434. The van der Waals surface area contributed by atoms with Crippen molar-refractivity contribution in [3.8, 4) is 0 Å². The van der Waals surface area contributed by atoms with Gasteiger partial charge in [-0.05, 0) is 38.5 Å². The number of benzene rings is 1. The van der Waals surface area contributed by atoms with E-state index >= 15 is 0 Å². The van der Waals surface area contributed by atoms with Crippen LogP contribution in [0.1, 0.15) is 36.7 Å². The summed E-state index contributed by atoms with van der Waals surface area (Å²) in [5, 5.41) is 5.90. The molecule has 0 spiro atoms. The lowest BCUT2D eigenvalue weighted by Crippen LogP contribution is -2.36. The minimum Gasteiger partial charge on any atom is -0.444 e. The molecule has 6 nitrogen and oxygen atoms in total. The monoisotopic (exact) mass is 399 g/mol. The van der Waals surface area contributed by atoms with Crippen molar-refractivity contribution in [1.29, 1.82) is 0 Å². The van der Waals surface area contributed by atoms with E-state index in [-0.39, 0.29) is 5.91 Å². The first-order valence-electron chi connectivity index (χ1n) is 7.78.